The maximum absolute atomic E-state index is 6.39. The standard InChI is InChI=1S/C50H66O8/c1-34(35(2)57-44-26-22-40(23-27-44)48(6,7)37-12-16-41(17-13-37)49(8,9)56-33-46-32-55-46)51-28-29-52-36(3)58-50(10,11)42-18-14-38(15-19-42)47(4,5)39-20-24-43(25-21-39)53-30-45-31-54-45/h12-27,34-36,45-46H,28-33H2,1-11H3. The maximum atomic E-state index is 6.39. The second-order valence-corrected chi connectivity index (χ2v) is 18.0. The Kier molecular flexibility index (Phi) is 13.8. The molecule has 5 unspecified atom stereocenters. The van der Waals surface area contributed by atoms with Crippen molar-refractivity contribution < 1.29 is 37.9 Å². The van der Waals surface area contributed by atoms with Gasteiger partial charge in [0.25, 0.3) is 0 Å². The van der Waals surface area contributed by atoms with Gasteiger partial charge in [0, 0.05) is 10.8 Å². The van der Waals surface area contributed by atoms with Crippen molar-refractivity contribution in [1.82, 2.24) is 0 Å². The number of rotatable bonds is 22. The predicted octanol–water partition coefficient (Wildman–Crippen LogP) is 10.3. The maximum Gasteiger partial charge on any atom is 0.156 e. The van der Waals surface area contributed by atoms with Gasteiger partial charge in [-0.2, -0.15) is 0 Å². The minimum atomic E-state index is -0.546. The fourth-order valence-electron chi connectivity index (χ4n) is 7.14. The van der Waals surface area contributed by atoms with Crippen LogP contribution in [0.15, 0.2) is 97.1 Å². The molecule has 6 rings (SSSR count). The van der Waals surface area contributed by atoms with Crippen LogP contribution in [0.3, 0.4) is 0 Å². The molecule has 0 aliphatic carbocycles. The lowest BCUT2D eigenvalue weighted by atomic mass is 9.77. The summed E-state index contributed by atoms with van der Waals surface area (Å²) in [6.45, 7) is 27.0. The van der Waals surface area contributed by atoms with Gasteiger partial charge in [-0.15, -0.1) is 0 Å². The molecule has 0 amide bonds. The van der Waals surface area contributed by atoms with E-state index in [2.05, 4.69) is 128 Å². The van der Waals surface area contributed by atoms with Crippen molar-refractivity contribution in [2.75, 3.05) is 39.6 Å². The van der Waals surface area contributed by atoms with Gasteiger partial charge in [0.1, 0.15) is 36.4 Å². The molecule has 2 saturated heterocycles. The largest absolute Gasteiger partial charge is 0.491 e. The van der Waals surface area contributed by atoms with E-state index in [0.717, 1.165) is 35.8 Å². The Labute approximate surface area is 347 Å². The highest BCUT2D eigenvalue weighted by molar-refractivity contribution is 5.43. The first-order valence-corrected chi connectivity index (χ1v) is 20.9. The Morgan fingerprint density at radius 3 is 1.38 bits per heavy atom. The highest BCUT2D eigenvalue weighted by Crippen LogP contribution is 2.37. The fourth-order valence-corrected chi connectivity index (χ4v) is 7.14. The van der Waals surface area contributed by atoms with Gasteiger partial charge in [-0.05, 0) is 106 Å². The predicted molar refractivity (Wildman–Crippen MR) is 229 cm³/mol. The molecule has 0 spiro atoms. The van der Waals surface area contributed by atoms with E-state index >= 15 is 0 Å². The molecule has 4 aromatic rings. The number of epoxide rings is 2. The highest BCUT2D eigenvalue weighted by Gasteiger charge is 2.31. The lowest BCUT2D eigenvalue weighted by molar-refractivity contribution is -0.201. The quantitative estimate of drug-likeness (QED) is 0.0442. The number of ether oxygens (including phenoxy) is 8. The molecule has 2 heterocycles. The van der Waals surface area contributed by atoms with Gasteiger partial charge >= 0.3 is 0 Å². The minimum Gasteiger partial charge on any atom is -0.491 e. The molecule has 0 N–H and O–H groups in total. The molecule has 0 bridgehead atoms. The molecule has 2 fully saturated rings. The van der Waals surface area contributed by atoms with Crippen molar-refractivity contribution in [2.45, 2.75) is 129 Å². The van der Waals surface area contributed by atoms with Crippen LogP contribution in [0.1, 0.15) is 110 Å². The zero-order chi connectivity index (χ0) is 41.7. The van der Waals surface area contributed by atoms with Crippen LogP contribution in [0.5, 0.6) is 11.5 Å². The van der Waals surface area contributed by atoms with Crippen LogP contribution in [0.2, 0.25) is 0 Å². The summed E-state index contributed by atoms with van der Waals surface area (Å²) in [5.41, 5.74) is 5.88. The molecule has 0 radical (unpaired) electrons. The van der Waals surface area contributed by atoms with Crippen molar-refractivity contribution in [1.29, 1.82) is 0 Å². The average molecular weight is 795 g/mol. The molecule has 5 atom stereocenters. The molecular weight excluding hydrogens is 729 g/mol. The number of benzene rings is 4. The monoisotopic (exact) mass is 794 g/mol. The lowest BCUT2D eigenvalue weighted by Crippen LogP contribution is -2.32. The zero-order valence-electron chi connectivity index (χ0n) is 36.6. The van der Waals surface area contributed by atoms with Crippen LogP contribution >= 0.6 is 0 Å². The first-order chi connectivity index (χ1) is 27.4. The lowest BCUT2D eigenvalue weighted by Gasteiger charge is -2.31. The Balaban J connectivity index is 0.914. The fraction of sp³-hybridized carbons (Fsp3) is 0.520. The second kappa shape index (κ2) is 18.2. The molecule has 4 aromatic carbocycles. The summed E-state index contributed by atoms with van der Waals surface area (Å²) >= 11 is 0. The topological polar surface area (TPSA) is 80.4 Å². The van der Waals surface area contributed by atoms with E-state index in [-0.39, 0.29) is 40.8 Å². The van der Waals surface area contributed by atoms with Crippen LogP contribution in [0.25, 0.3) is 0 Å². The Hall–Kier alpha value is -3.76. The zero-order valence-corrected chi connectivity index (χ0v) is 36.6. The number of hydrogen-bond acceptors (Lipinski definition) is 8. The summed E-state index contributed by atoms with van der Waals surface area (Å²) in [6.07, 6.45) is -0.206. The molecule has 58 heavy (non-hydrogen) atoms. The molecule has 314 valence electrons. The molecule has 2 aliphatic rings. The SMILES string of the molecule is CC(OCCOC(C)C(C)Oc1ccc(C(C)(C)c2ccc(C(C)(C)OCC3CO3)cc2)cc1)OC(C)(C)c1ccc(C(C)(C)c2ccc(OCC3CO3)cc2)cc1. The molecule has 0 saturated carbocycles. The summed E-state index contributed by atoms with van der Waals surface area (Å²) in [5, 5.41) is 0. The summed E-state index contributed by atoms with van der Waals surface area (Å²) < 4.78 is 47.4. The van der Waals surface area contributed by atoms with Crippen LogP contribution in [-0.4, -0.2) is 70.3 Å². The van der Waals surface area contributed by atoms with E-state index < -0.39 is 11.9 Å². The molecule has 0 aromatic heterocycles. The van der Waals surface area contributed by atoms with Crippen molar-refractivity contribution >= 4 is 0 Å². The van der Waals surface area contributed by atoms with E-state index in [9.17, 15) is 0 Å². The third kappa shape index (κ3) is 11.5. The van der Waals surface area contributed by atoms with Crippen molar-refractivity contribution in [3.8, 4) is 11.5 Å². The molecule has 2 aliphatic heterocycles. The first-order valence-electron chi connectivity index (χ1n) is 20.9. The third-order valence-electron chi connectivity index (χ3n) is 11.9. The second-order valence-electron chi connectivity index (χ2n) is 18.0. The Morgan fingerprint density at radius 1 is 0.500 bits per heavy atom. The third-order valence-corrected chi connectivity index (χ3v) is 11.9. The van der Waals surface area contributed by atoms with E-state index in [1.54, 1.807) is 0 Å². The van der Waals surface area contributed by atoms with Crippen LogP contribution < -0.4 is 9.47 Å². The molecular formula is C50H66O8. The van der Waals surface area contributed by atoms with Crippen molar-refractivity contribution in [3.63, 3.8) is 0 Å². The van der Waals surface area contributed by atoms with Gasteiger partial charge < -0.3 is 37.9 Å². The Bertz CT molecular complexity index is 1870. The van der Waals surface area contributed by atoms with Crippen molar-refractivity contribution in [3.05, 3.63) is 130 Å². The highest BCUT2D eigenvalue weighted by atomic mass is 16.7. The number of hydrogen-bond donors (Lipinski definition) is 0. The van der Waals surface area contributed by atoms with E-state index in [1.165, 1.54) is 22.3 Å². The summed E-state index contributed by atoms with van der Waals surface area (Å²) in [6, 6.07) is 34.2. The summed E-state index contributed by atoms with van der Waals surface area (Å²) in [5.74, 6) is 1.68. The van der Waals surface area contributed by atoms with Crippen LogP contribution in [0, 0.1) is 0 Å². The summed E-state index contributed by atoms with van der Waals surface area (Å²) in [7, 11) is 0. The van der Waals surface area contributed by atoms with E-state index in [0.29, 0.717) is 26.4 Å². The van der Waals surface area contributed by atoms with Gasteiger partial charge in [0.05, 0.1) is 50.3 Å². The van der Waals surface area contributed by atoms with E-state index in [1.807, 2.05) is 45.0 Å². The van der Waals surface area contributed by atoms with Gasteiger partial charge in [0.2, 0.25) is 0 Å². The van der Waals surface area contributed by atoms with Crippen LogP contribution in [0.4, 0.5) is 0 Å². The summed E-state index contributed by atoms with van der Waals surface area (Å²) in [4.78, 5) is 0. The van der Waals surface area contributed by atoms with E-state index in [4.69, 9.17) is 37.9 Å². The molecule has 8 nitrogen and oxygen atoms in total. The van der Waals surface area contributed by atoms with Gasteiger partial charge in [0.15, 0.2) is 6.29 Å². The average Bonchev–Trinajstić information content (AvgIpc) is 4.15. The van der Waals surface area contributed by atoms with Gasteiger partial charge in [-0.1, -0.05) is 100 Å². The van der Waals surface area contributed by atoms with Crippen LogP contribution in [-0.2, 0) is 50.5 Å². The minimum absolute atomic E-state index is 0.132. The normalized spacial score (nSPS) is 18.7. The smallest absolute Gasteiger partial charge is 0.156 e. The van der Waals surface area contributed by atoms with Crippen molar-refractivity contribution in [2.24, 2.45) is 0 Å². The molecule has 8 heteroatoms. The Morgan fingerprint density at radius 2 is 0.897 bits per heavy atom. The first kappa shape index (κ1) is 43.8. The van der Waals surface area contributed by atoms with Gasteiger partial charge in [-0.3, -0.25) is 0 Å². The van der Waals surface area contributed by atoms with Gasteiger partial charge in [-0.25, -0.2) is 0 Å².